The van der Waals surface area contributed by atoms with E-state index in [1.165, 1.54) is 0 Å². The van der Waals surface area contributed by atoms with Crippen LogP contribution in [0.2, 0.25) is 0 Å². The second kappa shape index (κ2) is 17.4. The summed E-state index contributed by atoms with van der Waals surface area (Å²) in [5.41, 5.74) is 0. The van der Waals surface area contributed by atoms with Gasteiger partial charge in [0.25, 0.3) is 0 Å². The molecule has 0 aromatic carbocycles. The van der Waals surface area contributed by atoms with Gasteiger partial charge in [-0.05, 0) is 0 Å². The van der Waals surface area contributed by atoms with Crippen LogP contribution in [0.25, 0.3) is 0 Å². The van der Waals surface area contributed by atoms with E-state index in [1.807, 2.05) is 0 Å². The van der Waals surface area contributed by atoms with Crippen molar-refractivity contribution in [1.29, 1.82) is 0 Å². The molecule has 0 spiro atoms. The maximum atomic E-state index is 10.1. The second-order valence-corrected chi connectivity index (χ2v) is 3.88. The number of hydrogen-bond donors (Lipinski definition) is 0. The van der Waals surface area contributed by atoms with Gasteiger partial charge in [-0.15, -0.1) is 0 Å². The molecule has 0 amide bonds. The molecule has 0 aliphatic rings. The second-order valence-electron chi connectivity index (χ2n) is 1.29. The standard InChI is InChI=1S/3Ca.3FH2O3P/c;;;3*1-5(2,3)4/h;;;3*(H2,2,3,4)/q3*+2;;;/p-6. The first-order chi connectivity index (χ1) is 6.00. The Kier molecular flexibility index (Phi) is 36.6. The van der Waals surface area contributed by atoms with Gasteiger partial charge in [0.1, 0.15) is 23.7 Å². The largest absolute Gasteiger partial charge is 2.00 e. The minimum Gasteiger partial charge on any atom is -0.786 e. The summed E-state index contributed by atoms with van der Waals surface area (Å²) in [6.45, 7) is 0. The molecule has 0 unspecified atom stereocenters. The summed E-state index contributed by atoms with van der Waals surface area (Å²) in [5.74, 6) is 0. The van der Waals surface area contributed by atoms with E-state index in [0.29, 0.717) is 0 Å². The van der Waals surface area contributed by atoms with Crippen LogP contribution in [0.5, 0.6) is 0 Å². The van der Waals surface area contributed by atoms with Crippen molar-refractivity contribution in [2.24, 2.45) is 0 Å². The van der Waals surface area contributed by atoms with Crippen molar-refractivity contribution in [2.75, 3.05) is 0 Å². The predicted octanol–water partition coefficient (Wildman–Crippen LogP) is -4.79. The summed E-state index contributed by atoms with van der Waals surface area (Å²) in [4.78, 5) is 50.6. The molecule has 0 atom stereocenters. The van der Waals surface area contributed by atoms with Gasteiger partial charge in [0.15, 0.2) is 0 Å². The molecule has 0 saturated carbocycles. The molecule has 0 aliphatic heterocycles. The normalized spacial score (nSPS) is 9.83. The maximum Gasteiger partial charge on any atom is 2.00 e. The minimum absolute atomic E-state index is 0. The van der Waals surface area contributed by atoms with Crippen molar-refractivity contribution >= 4 is 137 Å². The molecule has 0 aromatic heterocycles. The van der Waals surface area contributed by atoms with E-state index in [4.69, 9.17) is 43.1 Å². The van der Waals surface area contributed by atoms with Gasteiger partial charge in [-0.3, -0.25) is 0 Å². The molecule has 0 fully saturated rings. The molecular weight excluding hydrogens is 414 g/mol. The van der Waals surface area contributed by atoms with Gasteiger partial charge in [0, 0.05) is 0 Å². The molecule has 18 heteroatoms. The zero-order valence-corrected chi connectivity index (χ0v) is 17.6. The van der Waals surface area contributed by atoms with Gasteiger partial charge in [0.2, 0.25) is 0 Å². The minimum atomic E-state index is -5.64. The van der Waals surface area contributed by atoms with Crippen molar-refractivity contribution in [3.05, 3.63) is 0 Å². The smallest absolute Gasteiger partial charge is 0.786 e. The average Bonchev–Trinajstić information content (AvgIpc) is 1.41. The van der Waals surface area contributed by atoms with Gasteiger partial charge in [-0.25, -0.2) is 12.6 Å². The number of halogens is 3. The Hall–Kier alpha value is 4.02. The topological polar surface area (TPSA) is 190 Å². The molecule has 0 heterocycles. The van der Waals surface area contributed by atoms with Gasteiger partial charge in [-0.1, -0.05) is 0 Å². The molecule has 0 saturated heterocycles. The third kappa shape index (κ3) is 448. The molecule has 18 heavy (non-hydrogen) atoms. The average molecular weight is 414 g/mol. The fourth-order valence-corrected chi connectivity index (χ4v) is 0. The Labute approximate surface area is 189 Å². The van der Waals surface area contributed by atoms with Crippen LogP contribution in [0.4, 0.5) is 12.6 Å². The van der Waals surface area contributed by atoms with Crippen LogP contribution in [0.3, 0.4) is 0 Å². The van der Waals surface area contributed by atoms with Crippen LogP contribution >= 0.6 is 23.7 Å². The summed E-state index contributed by atoms with van der Waals surface area (Å²) in [5, 5.41) is 0. The first-order valence-electron chi connectivity index (χ1n) is 2.15. The van der Waals surface area contributed by atoms with Crippen LogP contribution in [-0.4, -0.2) is 113 Å². The third-order valence-corrected chi connectivity index (χ3v) is 0. The molecule has 0 bridgehead atoms. The number of rotatable bonds is 0. The number of hydrogen-bond acceptors (Lipinski definition) is 9. The first kappa shape index (κ1) is 37.9. The van der Waals surface area contributed by atoms with Crippen molar-refractivity contribution in [2.45, 2.75) is 0 Å². The van der Waals surface area contributed by atoms with E-state index in [9.17, 15) is 12.6 Å². The molecule has 0 rings (SSSR count). The van der Waals surface area contributed by atoms with Gasteiger partial charge < -0.3 is 43.1 Å². The SMILES string of the molecule is O=P([O-])([O-])F.O=P([O-])([O-])F.O=P([O-])([O-])F.[Ca+2].[Ca+2].[Ca+2]. The van der Waals surface area contributed by atoms with Crippen molar-refractivity contribution in [3.8, 4) is 0 Å². The molecule has 96 valence electrons. The first-order valence-corrected chi connectivity index (χ1v) is 6.45. The van der Waals surface area contributed by atoms with Crippen LogP contribution in [-0.2, 0) is 13.7 Å². The van der Waals surface area contributed by atoms with Crippen molar-refractivity contribution < 1.29 is 55.6 Å². The van der Waals surface area contributed by atoms with Crippen LogP contribution < -0.4 is 29.4 Å². The van der Waals surface area contributed by atoms with Gasteiger partial charge >= 0.3 is 113 Å². The summed E-state index contributed by atoms with van der Waals surface area (Å²) < 4.78 is 55.7. The summed E-state index contributed by atoms with van der Waals surface area (Å²) in [6, 6.07) is 0. The molecule has 0 N–H and O–H groups in total. The van der Waals surface area contributed by atoms with Crippen molar-refractivity contribution in [1.82, 2.24) is 0 Å². The summed E-state index contributed by atoms with van der Waals surface area (Å²) in [7, 11) is -16.9. The fraction of sp³-hybridized carbons (Fsp3) is 0. The quantitative estimate of drug-likeness (QED) is 0.277. The van der Waals surface area contributed by atoms with E-state index in [-0.39, 0.29) is 113 Å². The Morgan fingerprint density at radius 1 is 0.500 bits per heavy atom. The Morgan fingerprint density at radius 3 is 0.500 bits per heavy atom. The fourth-order valence-electron chi connectivity index (χ4n) is 0. The maximum absolute atomic E-state index is 10.1. The Bertz CT molecular complexity index is 218. The van der Waals surface area contributed by atoms with Gasteiger partial charge in [-0.2, -0.15) is 0 Å². The van der Waals surface area contributed by atoms with E-state index in [0.717, 1.165) is 0 Å². The zero-order chi connectivity index (χ0) is 13.5. The van der Waals surface area contributed by atoms with Crippen LogP contribution in [0, 0.1) is 0 Å². The van der Waals surface area contributed by atoms with E-state index in [1.54, 1.807) is 0 Å². The summed E-state index contributed by atoms with van der Waals surface area (Å²) >= 11 is 0. The van der Waals surface area contributed by atoms with Crippen LogP contribution in [0.1, 0.15) is 0 Å². The molecule has 9 nitrogen and oxygen atoms in total. The van der Waals surface area contributed by atoms with E-state index >= 15 is 0 Å². The summed E-state index contributed by atoms with van der Waals surface area (Å²) in [6.07, 6.45) is 0. The van der Waals surface area contributed by atoms with Crippen molar-refractivity contribution in [3.63, 3.8) is 0 Å². The monoisotopic (exact) mass is 414 g/mol. The van der Waals surface area contributed by atoms with E-state index < -0.39 is 23.7 Å². The predicted molar refractivity (Wildman–Crippen MR) is 43.4 cm³/mol. The molecular formula is Ca3F3O9P3. The molecule has 0 aliphatic carbocycles. The third-order valence-electron chi connectivity index (χ3n) is 0. The Balaban J connectivity index is -0.0000000277. The molecule has 0 radical (unpaired) electrons. The van der Waals surface area contributed by atoms with Gasteiger partial charge in [0.05, 0.1) is 0 Å². The van der Waals surface area contributed by atoms with Crippen LogP contribution in [0.15, 0.2) is 0 Å². The zero-order valence-electron chi connectivity index (χ0n) is 8.27. The van der Waals surface area contributed by atoms with E-state index in [2.05, 4.69) is 0 Å². The molecule has 0 aromatic rings. The Morgan fingerprint density at radius 2 is 0.500 bits per heavy atom.